The molecule has 2 rings (SSSR count). The SMILES string of the molecule is CCOc1c(Br)cc(Br)cc1CNCc1cn[nH]c1. The summed E-state index contributed by atoms with van der Waals surface area (Å²) in [5, 5.41) is 10.1. The molecule has 4 nitrogen and oxygen atoms in total. The Morgan fingerprint density at radius 1 is 1.32 bits per heavy atom. The molecule has 6 heteroatoms. The molecule has 102 valence electrons. The van der Waals surface area contributed by atoms with Gasteiger partial charge in [0.1, 0.15) is 5.75 Å². The topological polar surface area (TPSA) is 49.9 Å². The van der Waals surface area contributed by atoms with Crippen LogP contribution in [0.1, 0.15) is 18.1 Å². The van der Waals surface area contributed by atoms with Crippen LogP contribution >= 0.6 is 31.9 Å². The number of rotatable bonds is 6. The number of benzene rings is 1. The van der Waals surface area contributed by atoms with Gasteiger partial charge in [-0.1, -0.05) is 15.9 Å². The van der Waals surface area contributed by atoms with Crippen LogP contribution in [0.2, 0.25) is 0 Å². The fraction of sp³-hybridized carbons (Fsp3) is 0.308. The zero-order valence-electron chi connectivity index (χ0n) is 10.5. The van der Waals surface area contributed by atoms with Crippen molar-refractivity contribution in [2.45, 2.75) is 20.0 Å². The lowest BCUT2D eigenvalue weighted by molar-refractivity contribution is 0.333. The lowest BCUT2D eigenvalue weighted by Gasteiger charge is -2.13. The fourth-order valence-electron chi connectivity index (χ4n) is 1.77. The standard InChI is InChI=1S/C13H15Br2N3O/c1-2-19-13-10(3-11(14)4-12(13)15)8-16-5-9-6-17-18-7-9/h3-4,6-7,16H,2,5,8H2,1H3,(H,17,18). The molecule has 2 N–H and O–H groups in total. The highest BCUT2D eigenvalue weighted by Gasteiger charge is 2.09. The summed E-state index contributed by atoms with van der Waals surface area (Å²) in [6.07, 6.45) is 3.70. The third-order valence-corrected chi connectivity index (χ3v) is 3.62. The average molecular weight is 389 g/mol. The van der Waals surface area contributed by atoms with Gasteiger partial charge in [0.15, 0.2) is 0 Å². The second-order valence-electron chi connectivity index (χ2n) is 4.02. The van der Waals surface area contributed by atoms with E-state index in [0.717, 1.165) is 38.9 Å². The summed E-state index contributed by atoms with van der Waals surface area (Å²) in [6.45, 7) is 4.14. The molecule has 0 atom stereocenters. The van der Waals surface area contributed by atoms with Crippen LogP contribution in [-0.2, 0) is 13.1 Å². The zero-order chi connectivity index (χ0) is 13.7. The maximum absolute atomic E-state index is 5.68. The van der Waals surface area contributed by atoms with Crippen LogP contribution < -0.4 is 10.1 Å². The van der Waals surface area contributed by atoms with E-state index in [-0.39, 0.29) is 0 Å². The number of H-pyrrole nitrogens is 1. The molecule has 0 aliphatic heterocycles. The maximum atomic E-state index is 5.68. The summed E-state index contributed by atoms with van der Waals surface area (Å²) in [4.78, 5) is 0. The van der Waals surface area contributed by atoms with E-state index >= 15 is 0 Å². The van der Waals surface area contributed by atoms with E-state index in [9.17, 15) is 0 Å². The monoisotopic (exact) mass is 387 g/mol. The molecule has 0 radical (unpaired) electrons. The van der Waals surface area contributed by atoms with Gasteiger partial charge in [0, 0.05) is 34.9 Å². The largest absolute Gasteiger partial charge is 0.492 e. The van der Waals surface area contributed by atoms with E-state index in [0.29, 0.717) is 6.61 Å². The van der Waals surface area contributed by atoms with Crippen molar-refractivity contribution in [1.82, 2.24) is 15.5 Å². The zero-order valence-corrected chi connectivity index (χ0v) is 13.7. The van der Waals surface area contributed by atoms with Crippen molar-refractivity contribution >= 4 is 31.9 Å². The molecule has 0 aliphatic rings. The Morgan fingerprint density at radius 2 is 2.16 bits per heavy atom. The first-order chi connectivity index (χ1) is 9.20. The number of aromatic amines is 1. The van der Waals surface area contributed by atoms with Crippen LogP contribution in [0, 0.1) is 0 Å². The molecular formula is C13H15Br2N3O. The van der Waals surface area contributed by atoms with Gasteiger partial charge in [0.2, 0.25) is 0 Å². The lowest BCUT2D eigenvalue weighted by atomic mass is 10.2. The maximum Gasteiger partial charge on any atom is 0.138 e. The average Bonchev–Trinajstić information content (AvgIpc) is 2.86. The van der Waals surface area contributed by atoms with Gasteiger partial charge in [0.25, 0.3) is 0 Å². The van der Waals surface area contributed by atoms with Gasteiger partial charge in [-0.25, -0.2) is 0 Å². The van der Waals surface area contributed by atoms with Crippen LogP contribution in [-0.4, -0.2) is 16.8 Å². The Kier molecular flexibility index (Phi) is 5.42. The van der Waals surface area contributed by atoms with Crippen LogP contribution in [0.15, 0.2) is 33.5 Å². The molecule has 2 aromatic rings. The van der Waals surface area contributed by atoms with E-state index in [1.165, 1.54) is 0 Å². The van der Waals surface area contributed by atoms with Gasteiger partial charge in [-0.05, 0) is 35.0 Å². The van der Waals surface area contributed by atoms with Crippen LogP contribution in [0.4, 0.5) is 0 Å². The highest BCUT2D eigenvalue weighted by atomic mass is 79.9. The van der Waals surface area contributed by atoms with E-state index in [2.05, 4.69) is 53.4 Å². The molecule has 0 aliphatic carbocycles. The summed E-state index contributed by atoms with van der Waals surface area (Å²) in [7, 11) is 0. The normalized spacial score (nSPS) is 10.7. The second-order valence-corrected chi connectivity index (χ2v) is 5.79. The summed E-state index contributed by atoms with van der Waals surface area (Å²) in [6, 6.07) is 4.06. The first-order valence-corrected chi connectivity index (χ1v) is 7.58. The number of hydrogen-bond acceptors (Lipinski definition) is 3. The first-order valence-electron chi connectivity index (χ1n) is 5.99. The molecular weight excluding hydrogens is 374 g/mol. The van der Waals surface area contributed by atoms with Gasteiger partial charge < -0.3 is 10.1 Å². The van der Waals surface area contributed by atoms with E-state index < -0.39 is 0 Å². The fourth-order valence-corrected chi connectivity index (χ4v) is 3.19. The van der Waals surface area contributed by atoms with Gasteiger partial charge in [-0.3, -0.25) is 5.10 Å². The van der Waals surface area contributed by atoms with Crippen LogP contribution in [0.3, 0.4) is 0 Å². The summed E-state index contributed by atoms with van der Waals surface area (Å²) >= 11 is 7.03. The number of aromatic nitrogens is 2. The molecule has 1 aromatic heterocycles. The van der Waals surface area contributed by atoms with Crippen molar-refractivity contribution in [2.75, 3.05) is 6.61 Å². The smallest absolute Gasteiger partial charge is 0.138 e. The molecule has 1 aromatic carbocycles. The minimum absolute atomic E-state index is 0.648. The number of halogens is 2. The molecule has 0 amide bonds. The highest BCUT2D eigenvalue weighted by molar-refractivity contribution is 9.11. The number of ether oxygens (including phenoxy) is 1. The molecule has 1 heterocycles. The molecule has 0 spiro atoms. The van der Waals surface area contributed by atoms with Crippen molar-refractivity contribution in [3.05, 3.63) is 44.6 Å². The van der Waals surface area contributed by atoms with E-state index in [1.807, 2.05) is 25.4 Å². The molecule has 0 saturated carbocycles. The molecule has 0 unspecified atom stereocenters. The van der Waals surface area contributed by atoms with E-state index in [4.69, 9.17) is 4.74 Å². The predicted molar refractivity (Wildman–Crippen MR) is 82.1 cm³/mol. The van der Waals surface area contributed by atoms with Gasteiger partial charge in [-0.15, -0.1) is 0 Å². The van der Waals surface area contributed by atoms with Crippen LogP contribution in [0.5, 0.6) is 5.75 Å². The Morgan fingerprint density at radius 3 is 2.84 bits per heavy atom. The molecule has 0 saturated heterocycles. The van der Waals surface area contributed by atoms with Gasteiger partial charge >= 0.3 is 0 Å². The second kappa shape index (κ2) is 7.07. The number of hydrogen-bond donors (Lipinski definition) is 2. The quantitative estimate of drug-likeness (QED) is 0.794. The molecule has 0 fully saturated rings. The van der Waals surface area contributed by atoms with Crippen molar-refractivity contribution in [1.29, 1.82) is 0 Å². The van der Waals surface area contributed by atoms with Crippen molar-refractivity contribution in [3.63, 3.8) is 0 Å². The Labute approximate surface area is 129 Å². The third kappa shape index (κ3) is 4.06. The Bertz CT molecular complexity index is 529. The first kappa shape index (κ1) is 14.6. The Hall–Kier alpha value is -0.850. The van der Waals surface area contributed by atoms with Crippen molar-refractivity contribution in [3.8, 4) is 5.75 Å². The summed E-state index contributed by atoms with van der Waals surface area (Å²) < 4.78 is 7.68. The predicted octanol–water partition coefficient (Wildman–Crippen LogP) is 3.62. The summed E-state index contributed by atoms with van der Waals surface area (Å²) in [5.74, 6) is 0.894. The van der Waals surface area contributed by atoms with Crippen LogP contribution in [0.25, 0.3) is 0 Å². The minimum Gasteiger partial charge on any atom is -0.492 e. The Balaban J connectivity index is 2.05. The minimum atomic E-state index is 0.648. The molecule has 0 bridgehead atoms. The van der Waals surface area contributed by atoms with Gasteiger partial charge in [-0.2, -0.15) is 5.10 Å². The third-order valence-electron chi connectivity index (χ3n) is 2.57. The molecule has 19 heavy (non-hydrogen) atoms. The summed E-state index contributed by atoms with van der Waals surface area (Å²) in [5.41, 5.74) is 2.25. The van der Waals surface area contributed by atoms with E-state index in [1.54, 1.807) is 0 Å². The number of nitrogens with zero attached hydrogens (tertiary/aromatic N) is 1. The lowest BCUT2D eigenvalue weighted by Crippen LogP contribution is -2.13. The number of nitrogens with one attached hydrogen (secondary N) is 2. The van der Waals surface area contributed by atoms with Crippen molar-refractivity contribution in [2.24, 2.45) is 0 Å². The highest BCUT2D eigenvalue weighted by Crippen LogP contribution is 2.32. The van der Waals surface area contributed by atoms with Gasteiger partial charge in [0.05, 0.1) is 17.3 Å². The van der Waals surface area contributed by atoms with Crippen molar-refractivity contribution < 1.29 is 4.74 Å².